The zero-order valence-electron chi connectivity index (χ0n) is 14.3. The summed E-state index contributed by atoms with van der Waals surface area (Å²) in [6.45, 7) is 1.90. The van der Waals surface area contributed by atoms with Crippen molar-refractivity contribution in [2.24, 2.45) is 0 Å². The topological polar surface area (TPSA) is 86.9 Å². The fourth-order valence-electron chi connectivity index (χ4n) is 2.91. The summed E-state index contributed by atoms with van der Waals surface area (Å²) in [7, 11) is 0. The van der Waals surface area contributed by atoms with E-state index in [1.165, 1.54) is 6.07 Å². The lowest BCUT2D eigenvalue weighted by Gasteiger charge is -2.35. The third-order valence-electron chi connectivity index (χ3n) is 4.39. The van der Waals surface area contributed by atoms with Gasteiger partial charge in [-0.3, -0.25) is 9.59 Å². The quantitative estimate of drug-likeness (QED) is 0.802. The molecule has 1 aliphatic heterocycles. The van der Waals surface area contributed by atoms with E-state index in [0.29, 0.717) is 43.9 Å². The fourth-order valence-corrected chi connectivity index (χ4v) is 2.91. The number of benzene rings is 2. The molecule has 0 atom stereocenters. The van der Waals surface area contributed by atoms with E-state index >= 15 is 0 Å². The van der Waals surface area contributed by atoms with Crippen molar-refractivity contribution in [3.8, 4) is 5.75 Å². The third-order valence-corrected chi connectivity index (χ3v) is 4.39. The fraction of sp³-hybridized carbons (Fsp3) is 0.263. The maximum Gasteiger partial charge on any atom is 0.257 e. The van der Waals surface area contributed by atoms with E-state index in [2.05, 4.69) is 0 Å². The zero-order valence-corrected chi connectivity index (χ0v) is 15.1. The predicted molar refractivity (Wildman–Crippen MR) is 102 cm³/mol. The third kappa shape index (κ3) is 4.46. The molecule has 3 N–H and O–H groups in total. The van der Waals surface area contributed by atoms with Crippen LogP contribution in [0, 0.1) is 0 Å². The van der Waals surface area contributed by atoms with Crippen molar-refractivity contribution in [1.29, 1.82) is 0 Å². The molecule has 0 aromatic heterocycles. The van der Waals surface area contributed by atoms with Gasteiger partial charge in [0.2, 0.25) is 5.91 Å². The van der Waals surface area contributed by atoms with Gasteiger partial charge in [-0.25, -0.2) is 0 Å². The number of aromatic hydroxyl groups is 1. The number of amides is 2. The molecule has 0 radical (unpaired) electrons. The van der Waals surface area contributed by atoms with Crippen LogP contribution < -0.4 is 5.73 Å². The first-order valence-corrected chi connectivity index (χ1v) is 8.24. The van der Waals surface area contributed by atoms with Crippen molar-refractivity contribution < 1.29 is 14.7 Å². The average Bonchev–Trinajstić information content (AvgIpc) is 2.63. The summed E-state index contributed by atoms with van der Waals surface area (Å²) in [6.07, 6.45) is 0.327. The number of phenols is 1. The lowest BCUT2D eigenvalue weighted by atomic mass is 10.1. The molecule has 2 amide bonds. The molecule has 1 saturated heterocycles. The van der Waals surface area contributed by atoms with Crippen LogP contribution in [0.15, 0.2) is 48.5 Å². The highest BCUT2D eigenvalue weighted by Gasteiger charge is 2.25. The Kier molecular flexibility index (Phi) is 6.46. The molecule has 0 aliphatic carbocycles. The monoisotopic (exact) mass is 375 g/mol. The van der Waals surface area contributed by atoms with Gasteiger partial charge in [-0.15, -0.1) is 12.4 Å². The first-order valence-electron chi connectivity index (χ1n) is 8.24. The standard InChI is InChI=1S/C19H21N3O3.ClH/c20-15-7-5-14(6-8-15)13-18(24)21-9-11-22(12-10-21)19(25)16-3-1-2-4-17(16)23;/h1-8,23H,9-13,20H2;1H. The molecule has 0 saturated carbocycles. The Hall–Kier alpha value is -2.73. The lowest BCUT2D eigenvalue weighted by molar-refractivity contribution is -0.131. The van der Waals surface area contributed by atoms with Gasteiger partial charge in [0.1, 0.15) is 5.75 Å². The van der Waals surface area contributed by atoms with Crippen LogP contribution >= 0.6 is 12.4 Å². The molecular formula is C19H22ClN3O3. The van der Waals surface area contributed by atoms with Gasteiger partial charge in [-0.1, -0.05) is 24.3 Å². The Morgan fingerprint density at radius 2 is 1.50 bits per heavy atom. The second kappa shape index (κ2) is 8.58. The van der Waals surface area contributed by atoms with E-state index in [1.807, 2.05) is 12.1 Å². The molecule has 1 aliphatic rings. The zero-order chi connectivity index (χ0) is 17.8. The van der Waals surface area contributed by atoms with Gasteiger partial charge in [0, 0.05) is 31.9 Å². The van der Waals surface area contributed by atoms with Crippen LogP contribution in [0.1, 0.15) is 15.9 Å². The van der Waals surface area contributed by atoms with E-state index in [4.69, 9.17) is 5.73 Å². The van der Waals surface area contributed by atoms with E-state index < -0.39 is 0 Å². The molecule has 0 bridgehead atoms. The van der Waals surface area contributed by atoms with Gasteiger partial charge in [-0.2, -0.15) is 0 Å². The van der Waals surface area contributed by atoms with Crippen LogP contribution in [-0.2, 0) is 11.2 Å². The molecule has 1 fully saturated rings. The van der Waals surface area contributed by atoms with E-state index in [1.54, 1.807) is 40.1 Å². The summed E-state index contributed by atoms with van der Waals surface area (Å²) in [5.41, 5.74) is 7.54. The van der Waals surface area contributed by atoms with Crippen LogP contribution in [0.5, 0.6) is 5.75 Å². The number of nitrogens with zero attached hydrogens (tertiary/aromatic N) is 2. The normalized spacial score (nSPS) is 13.8. The van der Waals surface area contributed by atoms with Gasteiger partial charge in [0.15, 0.2) is 0 Å². The van der Waals surface area contributed by atoms with Crippen molar-refractivity contribution >= 4 is 29.9 Å². The minimum Gasteiger partial charge on any atom is -0.507 e. The molecular weight excluding hydrogens is 354 g/mol. The lowest BCUT2D eigenvalue weighted by Crippen LogP contribution is -2.51. The number of halogens is 1. The highest BCUT2D eigenvalue weighted by molar-refractivity contribution is 5.97. The van der Waals surface area contributed by atoms with Crippen molar-refractivity contribution in [3.63, 3.8) is 0 Å². The number of piperazine rings is 1. The first-order chi connectivity index (χ1) is 12.0. The van der Waals surface area contributed by atoms with Gasteiger partial charge in [0.25, 0.3) is 5.91 Å². The Morgan fingerprint density at radius 3 is 2.12 bits per heavy atom. The molecule has 138 valence electrons. The van der Waals surface area contributed by atoms with Crippen LogP contribution in [0.2, 0.25) is 0 Å². The summed E-state index contributed by atoms with van der Waals surface area (Å²) >= 11 is 0. The minimum absolute atomic E-state index is 0. The summed E-state index contributed by atoms with van der Waals surface area (Å²) in [5, 5.41) is 9.81. The maximum absolute atomic E-state index is 12.5. The van der Waals surface area contributed by atoms with Crippen molar-refractivity contribution in [1.82, 2.24) is 9.80 Å². The molecule has 7 heteroatoms. The summed E-state index contributed by atoms with van der Waals surface area (Å²) in [5.74, 6) is -0.183. The molecule has 1 heterocycles. The van der Waals surface area contributed by atoms with Crippen LogP contribution in [0.3, 0.4) is 0 Å². The van der Waals surface area contributed by atoms with Crippen LogP contribution in [0.25, 0.3) is 0 Å². The summed E-state index contributed by atoms with van der Waals surface area (Å²) < 4.78 is 0. The van der Waals surface area contributed by atoms with Crippen LogP contribution in [-0.4, -0.2) is 52.9 Å². The number of carbonyl (C=O) groups excluding carboxylic acids is 2. The van der Waals surface area contributed by atoms with Crippen molar-refractivity contribution in [2.45, 2.75) is 6.42 Å². The molecule has 2 aromatic rings. The van der Waals surface area contributed by atoms with E-state index in [0.717, 1.165) is 5.56 Å². The SMILES string of the molecule is Cl.Nc1ccc(CC(=O)N2CCN(C(=O)c3ccccc3O)CC2)cc1. The Balaban J connectivity index is 0.00000243. The molecule has 26 heavy (non-hydrogen) atoms. The molecule has 0 unspecified atom stereocenters. The van der Waals surface area contributed by atoms with Crippen molar-refractivity contribution in [2.75, 3.05) is 31.9 Å². The smallest absolute Gasteiger partial charge is 0.257 e. The first kappa shape index (κ1) is 19.6. The number of nitrogen functional groups attached to an aromatic ring is 1. The second-order valence-corrected chi connectivity index (χ2v) is 6.11. The van der Waals surface area contributed by atoms with Gasteiger partial charge < -0.3 is 20.6 Å². The summed E-state index contributed by atoms with van der Waals surface area (Å²) in [4.78, 5) is 28.3. The molecule has 3 rings (SSSR count). The Bertz CT molecular complexity index is 772. The number of carbonyl (C=O) groups is 2. The summed E-state index contributed by atoms with van der Waals surface area (Å²) in [6, 6.07) is 13.8. The highest BCUT2D eigenvalue weighted by Crippen LogP contribution is 2.19. The van der Waals surface area contributed by atoms with Crippen LogP contribution in [0.4, 0.5) is 5.69 Å². The maximum atomic E-state index is 12.5. The number of para-hydroxylation sites is 1. The molecule has 6 nitrogen and oxygen atoms in total. The average molecular weight is 376 g/mol. The number of phenolic OH excluding ortho intramolecular Hbond substituents is 1. The second-order valence-electron chi connectivity index (χ2n) is 6.11. The number of hydrogen-bond acceptors (Lipinski definition) is 4. The minimum atomic E-state index is -0.205. The van der Waals surface area contributed by atoms with Gasteiger partial charge >= 0.3 is 0 Å². The van der Waals surface area contributed by atoms with E-state index in [-0.39, 0.29) is 30.0 Å². The highest BCUT2D eigenvalue weighted by atomic mass is 35.5. The molecule has 0 spiro atoms. The Labute approximate surface area is 158 Å². The predicted octanol–water partition coefficient (Wildman–Crippen LogP) is 1.92. The number of hydrogen-bond donors (Lipinski definition) is 2. The molecule has 2 aromatic carbocycles. The largest absolute Gasteiger partial charge is 0.507 e. The number of rotatable bonds is 3. The Morgan fingerprint density at radius 1 is 0.923 bits per heavy atom. The van der Waals surface area contributed by atoms with E-state index in [9.17, 15) is 14.7 Å². The number of nitrogens with two attached hydrogens (primary N) is 1. The van der Waals surface area contributed by atoms with Gasteiger partial charge in [0.05, 0.1) is 12.0 Å². The van der Waals surface area contributed by atoms with Crippen molar-refractivity contribution in [3.05, 3.63) is 59.7 Å². The van der Waals surface area contributed by atoms with Gasteiger partial charge in [-0.05, 0) is 29.8 Å². The number of anilines is 1.